The Labute approximate surface area is 222 Å². The Morgan fingerprint density at radius 3 is 2.37 bits per heavy atom. The summed E-state index contributed by atoms with van der Waals surface area (Å²) in [6, 6.07) is 14.2. The molecule has 13 heteroatoms. The molecule has 2 rings (SSSR count). The smallest absolute Gasteiger partial charge is 0.408 e. The number of carbonyl (C=O) groups is 3. The van der Waals surface area contributed by atoms with Crippen LogP contribution in [0.25, 0.3) is 0 Å². The van der Waals surface area contributed by atoms with Gasteiger partial charge in [-0.05, 0) is 44.4 Å². The van der Waals surface area contributed by atoms with E-state index in [1.807, 2.05) is 13.0 Å². The van der Waals surface area contributed by atoms with E-state index in [1.165, 1.54) is 12.1 Å². The van der Waals surface area contributed by atoms with Crippen LogP contribution >= 0.6 is 0 Å². The molecule has 0 bridgehead atoms. The molecule has 0 aliphatic heterocycles. The van der Waals surface area contributed by atoms with E-state index in [4.69, 9.17) is 15.2 Å². The van der Waals surface area contributed by atoms with Gasteiger partial charge < -0.3 is 25.8 Å². The van der Waals surface area contributed by atoms with Gasteiger partial charge in [-0.15, -0.1) is 0 Å². The largest absolute Gasteiger partial charge is 0.465 e. The van der Waals surface area contributed by atoms with Crippen molar-refractivity contribution in [1.29, 1.82) is 0 Å². The number of nitrogens with one attached hydrogen (secondary N) is 3. The summed E-state index contributed by atoms with van der Waals surface area (Å²) in [5.41, 5.74) is 7.40. The number of hydrogen-bond acceptors (Lipinski definition) is 8. The van der Waals surface area contributed by atoms with Gasteiger partial charge in [0.15, 0.2) is 0 Å². The second-order valence-corrected chi connectivity index (χ2v) is 9.79. The van der Waals surface area contributed by atoms with Gasteiger partial charge >= 0.3 is 12.1 Å². The predicted octanol–water partition coefficient (Wildman–Crippen LogP) is 1.34. The molecule has 0 saturated heterocycles. The van der Waals surface area contributed by atoms with Gasteiger partial charge in [-0.1, -0.05) is 48.0 Å². The van der Waals surface area contributed by atoms with Crippen LogP contribution < -0.4 is 21.1 Å². The lowest BCUT2D eigenvalue weighted by Gasteiger charge is -2.18. The van der Waals surface area contributed by atoms with Gasteiger partial charge in [0, 0.05) is 6.54 Å². The molecule has 1 atom stereocenters. The van der Waals surface area contributed by atoms with Gasteiger partial charge in [-0.25, -0.2) is 17.9 Å². The first-order chi connectivity index (χ1) is 18.1. The Kier molecular flexibility index (Phi) is 12.0. The van der Waals surface area contributed by atoms with Crippen LogP contribution in [0, 0.1) is 6.92 Å². The summed E-state index contributed by atoms with van der Waals surface area (Å²) in [6.07, 6.45) is -0.459. The molecule has 0 radical (unpaired) electrons. The standard InChI is InChI=1S/C25H33N5O7S/c1-3-36-22(31)16-28-23(32)21(29-25(33)37-17-19-8-5-4-6-9-19)10-7-15-27-24(26)30-38(34,35)20-13-11-18(2)12-14-20/h4-6,8-9,11-14,21H,3,7,10,15-17H2,1-2H3,(H,28,32)(H,29,33)(H3,26,27,30)/t21-/m1/s1. The first-order valence-corrected chi connectivity index (χ1v) is 13.4. The van der Waals surface area contributed by atoms with Crippen LogP contribution in [0.15, 0.2) is 64.5 Å². The summed E-state index contributed by atoms with van der Waals surface area (Å²) in [7, 11) is -3.90. The Balaban J connectivity index is 1.93. The number of aliphatic imine (C=N–C) groups is 1. The highest BCUT2D eigenvalue weighted by Gasteiger charge is 2.22. The molecule has 206 valence electrons. The number of rotatable bonds is 13. The third kappa shape index (κ3) is 10.9. The van der Waals surface area contributed by atoms with Crippen molar-refractivity contribution in [3.05, 3.63) is 65.7 Å². The number of nitrogens with two attached hydrogens (primary N) is 1. The molecular weight excluding hydrogens is 514 g/mol. The number of sulfonamides is 1. The van der Waals surface area contributed by atoms with Gasteiger partial charge in [0.25, 0.3) is 10.0 Å². The van der Waals surface area contributed by atoms with Crippen molar-refractivity contribution in [2.24, 2.45) is 10.7 Å². The van der Waals surface area contributed by atoms with Crippen LogP contribution in [0.3, 0.4) is 0 Å². The highest BCUT2D eigenvalue weighted by Crippen LogP contribution is 2.09. The highest BCUT2D eigenvalue weighted by molar-refractivity contribution is 7.90. The van der Waals surface area contributed by atoms with Crippen LogP contribution in [-0.2, 0) is 35.7 Å². The topological polar surface area (TPSA) is 178 Å². The Hall–Kier alpha value is -4.13. The number of esters is 1. The van der Waals surface area contributed by atoms with Crippen molar-refractivity contribution in [2.75, 3.05) is 19.7 Å². The van der Waals surface area contributed by atoms with E-state index >= 15 is 0 Å². The monoisotopic (exact) mass is 547 g/mol. The summed E-state index contributed by atoms with van der Waals surface area (Å²) in [5.74, 6) is -1.56. The molecule has 0 aliphatic rings. The van der Waals surface area contributed by atoms with E-state index in [2.05, 4.69) is 20.3 Å². The Bertz CT molecular complexity index is 1200. The SMILES string of the molecule is CCOC(=O)CNC(=O)[C@@H](CCCN=C(N)NS(=O)(=O)c1ccc(C)cc1)NC(=O)OCc1ccccc1. The van der Waals surface area contributed by atoms with E-state index < -0.39 is 34.0 Å². The maximum absolute atomic E-state index is 12.6. The molecule has 12 nitrogen and oxygen atoms in total. The molecule has 2 aromatic rings. The number of alkyl carbamates (subject to hydrolysis) is 1. The minimum Gasteiger partial charge on any atom is -0.465 e. The number of aryl methyl sites for hydroxylation is 1. The summed E-state index contributed by atoms with van der Waals surface area (Å²) in [6.45, 7) is 3.34. The molecule has 2 aromatic carbocycles. The lowest BCUT2D eigenvalue weighted by atomic mass is 10.1. The van der Waals surface area contributed by atoms with Gasteiger partial charge in [-0.3, -0.25) is 14.6 Å². The number of carbonyl (C=O) groups excluding carboxylic acids is 3. The number of hydrogen-bond donors (Lipinski definition) is 4. The van der Waals surface area contributed by atoms with Crippen LogP contribution in [-0.4, -0.2) is 58.1 Å². The average Bonchev–Trinajstić information content (AvgIpc) is 2.88. The maximum Gasteiger partial charge on any atom is 0.408 e. The quantitative estimate of drug-likeness (QED) is 0.126. The lowest BCUT2D eigenvalue weighted by Crippen LogP contribution is -2.48. The Morgan fingerprint density at radius 1 is 1.03 bits per heavy atom. The van der Waals surface area contributed by atoms with Crippen molar-refractivity contribution in [3.8, 4) is 0 Å². The number of ether oxygens (including phenoxy) is 2. The molecule has 0 saturated carbocycles. The van der Waals surface area contributed by atoms with Crippen molar-refractivity contribution in [3.63, 3.8) is 0 Å². The average molecular weight is 548 g/mol. The highest BCUT2D eigenvalue weighted by atomic mass is 32.2. The molecule has 0 unspecified atom stereocenters. The summed E-state index contributed by atoms with van der Waals surface area (Å²) in [4.78, 5) is 40.5. The zero-order valence-electron chi connectivity index (χ0n) is 21.3. The van der Waals surface area contributed by atoms with Gasteiger partial charge in [0.1, 0.15) is 19.2 Å². The van der Waals surface area contributed by atoms with E-state index in [0.29, 0.717) is 0 Å². The second-order valence-electron chi connectivity index (χ2n) is 8.11. The van der Waals surface area contributed by atoms with Crippen LogP contribution in [0.2, 0.25) is 0 Å². The van der Waals surface area contributed by atoms with Crippen molar-refractivity contribution in [2.45, 2.75) is 44.2 Å². The zero-order chi connectivity index (χ0) is 28.0. The molecule has 0 fully saturated rings. The number of nitrogens with zero attached hydrogens (tertiary/aromatic N) is 1. The summed E-state index contributed by atoms with van der Waals surface area (Å²) in [5, 5.41) is 4.89. The minimum absolute atomic E-state index is 0.00575. The maximum atomic E-state index is 12.6. The van der Waals surface area contributed by atoms with Crippen molar-refractivity contribution >= 4 is 34.0 Å². The molecule has 2 amide bonds. The molecule has 0 spiro atoms. The second kappa shape index (κ2) is 15.2. The lowest BCUT2D eigenvalue weighted by molar-refractivity contribution is -0.143. The first-order valence-electron chi connectivity index (χ1n) is 11.9. The van der Waals surface area contributed by atoms with E-state index in [0.717, 1.165) is 11.1 Å². The number of guanidine groups is 1. The van der Waals surface area contributed by atoms with Crippen LogP contribution in [0.1, 0.15) is 30.9 Å². The fourth-order valence-corrected chi connectivity index (χ4v) is 4.06. The van der Waals surface area contributed by atoms with E-state index in [1.54, 1.807) is 43.3 Å². The van der Waals surface area contributed by atoms with E-state index in [9.17, 15) is 22.8 Å². The van der Waals surface area contributed by atoms with E-state index in [-0.39, 0.29) is 50.0 Å². The molecule has 0 heterocycles. The molecule has 0 aliphatic carbocycles. The fraction of sp³-hybridized carbons (Fsp3) is 0.360. The van der Waals surface area contributed by atoms with Crippen LogP contribution in [0.4, 0.5) is 4.79 Å². The fourth-order valence-electron chi connectivity index (χ4n) is 3.11. The first kappa shape index (κ1) is 30.1. The Morgan fingerprint density at radius 2 is 1.71 bits per heavy atom. The molecule has 0 aromatic heterocycles. The van der Waals surface area contributed by atoms with Gasteiger partial charge in [0.05, 0.1) is 11.5 Å². The van der Waals surface area contributed by atoms with Crippen molar-refractivity contribution < 1.29 is 32.3 Å². The number of amides is 2. The van der Waals surface area contributed by atoms with Gasteiger partial charge in [-0.2, -0.15) is 0 Å². The molecule has 5 N–H and O–H groups in total. The summed E-state index contributed by atoms with van der Waals surface area (Å²) < 4.78 is 37.0. The zero-order valence-corrected chi connectivity index (χ0v) is 22.1. The summed E-state index contributed by atoms with van der Waals surface area (Å²) >= 11 is 0. The molecule has 38 heavy (non-hydrogen) atoms. The molecular formula is C25H33N5O7S. The van der Waals surface area contributed by atoms with Gasteiger partial charge in [0.2, 0.25) is 11.9 Å². The number of benzene rings is 2. The predicted molar refractivity (Wildman–Crippen MR) is 140 cm³/mol. The normalized spacial score (nSPS) is 12.2. The van der Waals surface area contributed by atoms with Crippen molar-refractivity contribution in [1.82, 2.24) is 15.4 Å². The van der Waals surface area contributed by atoms with Crippen LogP contribution in [0.5, 0.6) is 0 Å². The minimum atomic E-state index is -3.90. The third-order valence-corrected chi connectivity index (χ3v) is 6.41. The third-order valence-electron chi connectivity index (χ3n) is 5.04.